The van der Waals surface area contributed by atoms with Gasteiger partial charge in [0.25, 0.3) is 0 Å². The Bertz CT molecular complexity index is 351. The zero-order valence-electron chi connectivity index (χ0n) is 10.5. The molecule has 1 aromatic heterocycles. The summed E-state index contributed by atoms with van der Waals surface area (Å²) in [6.07, 6.45) is 3.42. The summed E-state index contributed by atoms with van der Waals surface area (Å²) in [5.74, 6) is 0.759. The second-order valence-corrected chi connectivity index (χ2v) is 3.77. The number of rotatable bonds is 6. The van der Waals surface area contributed by atoms with Crippen LogP contribution in [-0.2, 0) is 11.3 Å². The Balaban J connectivity index is 2.48. The third-order valence-corrected chi connectivity index (χ3v) is 2.19. The standard InChI is InChI=1S/C11H19N5O/c1-4-13-10-6-14-9(5-15-10)7-16(3)8-11(17)12-2/h5-6H,4,7-8H2,1-3H3,(H,12,17)(H,13,15). The molecule has 0 atom stereocenters. The fraction of sp³-hybridized carbons (Fsp3) is 0.545. The molecule has 2 N–H and O–H groups in total. The number of amides is 1. The molecule has 1 heterocycles. The van der Waals surface area contributed by atoms with Gasteiger partial charge in [0, 0.05) is 20.1 Å². The van der Waals surface area contributed by atoms with E-state index < -0.39 is 0 Å². The number of nitrogens with zero attached hydrogens (tertiary/aromatic N) is 3. The lowest BCUT2D eigenvalue weighted by atomic mass is 10.4. The van der Waals surface area contributed by atoms with E-state index in [0.29, 0.717) is 13.1 Å². The van der Waals surface area contributed by atoms with E-state index in [0.717, 1.165) is 18.1 Å². The molecule has 0 bridgehead atoms. The van der Waals surface area contributed by atoms with Gasteiger partial charge in [0.2, 0.25) is 5.91 Å². The number of carbonyl (C=O) groups is 1. The predicted octanol–water partition coefficient (Wildman–Crippen LogP) is 0.0862. The highest BCUT2D eigenvalue weighted by molar-refractivity contribution is 5.77. The van der Waals surface area contributed by atoms with Crippen LogP contribution in [0, 0.1) is 0 Å². The van der Waals surface area contributed by atoms with E-state index in [2.05, 4.69) is 20.6 Å². The number of aromatic nitrogens is 2. The van der Waals surface area contributed by atoms with Gasteiger partial charge >= 0.3 is 0 Å². The minimum atomic E-state index is -0.00951. The average molecular weight is 237 g/mol. The summed E-state index contributed by atoms with van der Waals surface area (Å²) in [4.78, 5) is 21.5. The van der Waals surface area contributed by atoms with Gasteiger partial charge in [-0.25, -0.2) is 4.98 Å². The van der Waals surface area contributed by atoms with E-state index in [1.54, 1.807) is 19.4 Å². The smallest absolute Gasteiger partial charge is 0.233 e. The van der Waals surface area contributed by atoms with E-state index >= 15 is 0 Å². The molecule has 0 aromatic carbocycles. The first-order chi connectivity index (χ1) is 8.15. The summed E-state index contributed by atoms with van der Waals surface area (Å²) >= 11 is 0. The second-order valence-electron chi connectivity index (χ2n) is 3.77. The molecule has 17 heavy (non-hydrogen) atoms. The van der Waals surface area contributed by atoms with Crippen LogP contribution in [0.25, 0.3) is 0 Å². The highest BCUT2D eigenvalue weighted by Gasteiger charge is 2.06. The maximum Gasteiger partial charge on any atom is 0.233 e. The van der Waals surface area contributed by atoms with E-state index in [4.69, 9.17) is 0 Å². The van der Waals surface area contributed by atoms with Crippen LogP contribution < -0.4 is 10.6 Å². The number of anilines is 1. The van der Waals surface area contributed by atoms with Crippen LogP contribution in [0.2, 0.25) is 0 Å². The van der Waals surface area contributed by atoms with Crippen molar-refractivity contribution in [2.75, 3.05) is 32.5 Å². The van der Waals surface area contributed by atoms with Crippen molar-refractivity contribution in [2.45, 2.75) is 13.5 Å². The largest absolute Gasteiger partial charge is 0.369 e. The third kappa shape index (κ3) is 4.78. The van der Waals surface area contributed by atoms with Crippen molar-refractivity contribution in [3.8, 4) is 0 Å². The Morgan fingerprint density at radius 1 is 1.41 bits per heavy atom. The summed E-state index contributed by atoms with van der Waals surface area (Å²) in [6, 6.07) is 0. The molecule has 6 heteroatoms. The van der Waals surface area contributed by atoms with Gasteiger partial charge in [-0.15, -0.1) is 0 Å². The lowest BCUT2D eigenvalue weighted by Crippen LogP contribution is -2.32. The first-order valence-electron chi connectivity index (χ1n) is 5.59. The monoisotopic (exact) mass is 237 g/mol. The maximum absolute atomic E-state index is 11.2. The number of nitrogens with one attached hydrogen (secondary N) is 2. The average Bonchev–Trinajstić information content (AvgIpc) is 2.31. The van der Waals surface area contributed by atoms with Crippen molar-refractivity contribution in [3.63, 3.8) is 0 Å². The molecule has 0 radical (unpaired) electrons. The normalized spacial score (nSPS) is 10.4. The second kappa shape index (κ2) is 6.80. The van der Waals surface area contributed by atoms with Gasteiger partial charge in [-0.3, -0.25) is 14.7 Å². The molecule has 6 nitrogen and oxygen atoms in total. The highest BCUT2D eigenvalue weighted by atomic mass is 16.1. The summed E-state index contributed by atoms with van der Waals surface area (Å²) < 4.78 is 0. The topological polar surface area (TPSA) is 70.2 Å². The van der Waals surface area contributed by atoms with Gasteiger partial charge in [-0.2, -0.15) is 0 Å². The van der Waals surface area contributed by atoms with Crippen molar-refractivity contribution < 1.29 is 4.79 Å². The molecular weight excluding hydrogens is 218 g/mol. The van der Waals surface area contributed by atoms with Crippen molar-refractivity contribution in [3.05, 3.63) is 18.1 Å². The Labute approximate surface area is 101 Å². The summed E-state index contributed by atoms with van der Waals surface area (Å²) in [6.45, 7) is 3.79. The molecule has 0 unspecified atom stereocenters. The molecule has 94 valence electrons. The SMILES string of the molecule is CCNc1cnc(CN(C)CC(=O)NC)cn1. The number of hydrogen-bond acceptors (Lipinski definition) is 5. The minimum absolute atomic E-state index is 0.00951. The Kier molecular flexibility index (Phi) is 5.35. The molecule has 0 fully saturated rings. The minimum Gasteiger partial charge on any atom is -0.369 e. The van der Waals surface area contributed by atoms with Gasteiger partial charge in [0.1, 0.15) is 5.82 Å². The van der Waals surface area contributed by atoms with E-state index in [-0.39, 0.29) is 5.91 Å². The third-order valence-electron chi connectivity index (χ3n) is 2.19. The Morgan fingerprint density at radius 3 is 2.71 bits per heavy atom. The maximum atomic E-state index is 11.2. The van der Waals surface area contributed by atoms with Crippen molar-refractivity contribution in [1.82, 2.24) is 20.2 Å². The van der Waals surface area contributed by atoms with Crippen LogP contribution in [-0.4, -0.2) is 48.0 Å². The van der Waals surface area contributed by atoms with E-state index in [1.807, 2.05) is 18.9 Å². The van der Waals surface area contributed by atoms with Crippen LogP contribution >= 0.6 is 0 Å². The fourth-order valence-corrected chi connectivity index (χ4v) is 1.37. The van der Waals surface area contributed by atoms with Crippen LogP contribution in [0.5, 0.6) is 0 Å². The molecule has 1 amide bonds. The van der Waals surface area contributed by atoms with Crippen LogP contribution in [0.1, 0.15) is 12.6 Å². The predicted molar refractivity (Wildman–Crippen MR) is 66.6 cm³/mol. The molecule has 1 aromatic rings. The van der Waals surface area contributed by atoms with Crippen LogP contribution in [0.3, 0.4) is 0 Å². The molecule has 1 rings (SSSR count). The molecule has 0 saturated heterocycles. The molecular formula is C11H19N5O. The summed E-state index contributed by atoms with van der Waals surface area (Å²) in [5.41, 5.74) is 0.845. The van der Waals surface area contributed by atoms with Gasteiger partial charge in [-0.05, 0) is 14.0 Å². The molecule has 0 aliphatic rings. The fourth-order valence-electron chi connectivity index (χ4n) is 1.37. The number of carbonyl (C=O) groups excluding carboxylic acids is 1. The lowest BCUT2D eigenvalue weighted by Gasteiger charge is -2.14. The molecule has 0 aliphatic heterocycles. The Morgan fingerprint density at radius 2 is 2.18 bits per heavy atom. The quantitative estimate of drug-likeness (QED) is 0.733. The molecule has 0 saturated carbocycles. The van der Waals surface area contributed by atoms with Gasteiger partial charge in [0.05, 0.1) is 24.6 Å². The summed E-state index contributed by atoms with van der Waals surface area (Å²) in [7, 11) is 3.50. The molecule has 0 aliphatic carbocycles. The molecule has 0 spiro atoms. The van der Waals surface area contributed by atoms with Crippen LogP contribution in [0.15, 0.2) is 12.4 Å². The lowest BCUT2D eigenvalue weighted by molar-refractivity contribution is -0.121. The van der Waals surface area contributed by atoms with Crippen LogP contribution in [0.4, 0.5) is 5.82 Å². The van der Waals surface area contributed by atoms with Gasteiger partial charge in [-0.1, -0.05) is 0 Å². The zero-order chi connectivity index (χ0) is 12.7. The Hall–Kier alpha value is -1.69. The summed E-state index contributed by atoms with van der Waals surface area (Å²) in [5, 5.41) is 5.66. The van der Waals surface area contributed by atoms with Crippen molar-refractivity contribution in [1.29, 1.82) is 0 Å². The highest BCUT2D eigenvalue weighted by Crippen LogP contribution is 2.02. The number of hydrogen-bond donors (Lipinski definition) is 2. The van der Waals surface area contributed by atoms with E-state index in [9.17, 15) is 4.79 Å². The van der Waals surface area contributed by atoms with Gasteiger partial charge in [0.15, 0.2) is 0 Å². The van der Waals surface area contributed by atoms with E-state index in [1.165, 1.54) is 0 Å². The van der Waals surface area contributed by atoms with Crippen molar-refractivity contribution >= 4 is 11.7 Å². The van der Waals surface area contributed by atoms with Crippen molar-refractivity contribution in [2.24, 2.45) is 0 Å². The first kappa shape index (κ1) is 13.4. The number of likely N-dealkylation sites (N-methyl/N-ethyl adjacent to an activating group) is 2. The first-order valence-corrected chi connectivity index (χ1v) is 5.59. The zero-order valence-corrected chi connectivity index (χ0v) is 10.5. The van der Waals surface area contributed by atoms with Gasteiger partial charge < -0.3 is 10.6 Å².